The van der Waals surface area contributed by atoms with Crippen molar-refractivity contribution in [2.75, 3.05) is 6.54 Å². The Morgan fingerprint density at radius 1 is 1.22 bits per heavy atom. The van der Waals surface area contributed by atoms with Crippen LogP contribution in [0.25, 0.3) is 0 Å². The summed E-state index contributed by atoms with van der Waals surface area (Å²) in [5.74, 6) is -1.03. The number of nitrogens with zero attached hydrogens (tertiary/aromatic N) is 2. The van der Waals surface area contributed by atoms with Gasteiger partial charge in [0.2, 0.25) is 5.95 Å². The van der Waals surface area contributed by atoms with E-state index in [2.05, 4.69) is 15.3 Å². The number of hydrogen-bond acceptors (Lipinski definition) is 3. The number of halogens is 1. The van der Waals surface area contributed by atoms with Crippen molar-refractivity contribution in [1.29, 1.82) is 0 Å². The molecule has 0 unspecified atom stereocenters. The second-order valence-corrected chi connectivity index (χ2v) is 3.71. The van der Waals surface area contributed by atoms with Gasteiger partial charge in [-0.15, -0.1) is 0 Å². The lowest BCUT2D eigenvalue weighted by atomic mass is 10.2. The number of carbonyl (C=O) groups is 1. The number of amides is 1. The van der Waals surface area contributed by atoms with Crippen molar-refractivity contribution in [3.63, 3.8) is 0 Å². The van der Waals surface area contributed by atoms with Gasteiger partial charge in [-0.3, -0.25) is 9.78 Å². The fourth-order valence-electron chi connectivity index (χ4n) is 1.50. The molecule has 2 aromatic rings. The molecule has 0 aliphatic heterocycles. The first-order chi connectivity index (χ1) is 8.75. The van der Waals surface area contributed by atoms with Crippen molar-refractivity contribution in [2.45, 2.75) is 6.42 Å². The van der Waals surface area contributed by atoms with Crippen molar-refractivity contribution in [3.8, 4) is 0 Å². The average molecular weight is 245 g/mol. The lowest BCUT2D eigenvalue weighted by molar-refractivity contribution is 0.0948. The highest BCUT2D eigenvalue weighted by atomic mass is 19.1. The Morgan fingerprint density at radius 2 is 2.00 bits per heavy atom. The van der Waals surface area contributed by atoms with Crippen LogP contribution in [0, 0.1) is 5.95 Å². The van der Waals surface area contributed by atoms with Crippen LogP contribution in [0.4, 0.5) is 4.39 Å². The first-order valence-corrected chi connectivity index (χ1v) is 5.55. The van der Waals surface area contributed by atoms with Gasteiger partial charge in [-0.25, -0.2) is 4.98 Å². The Balaban J connectivity index is 1.86. The fourth-order valence-corrected chi connectivity index (χ4v) is 1.50. The molecule has 5 heteroatoms. The van der Waals surface area contributed by atoms with Crippen molar-refractivity contribution < 1.29 is 9.18 Å². The van der Waals surface area contributed by atoms with Gasteiger partial charge in [0.1, 0.15) is 5.69 Å². The Morgan fingerprint density at radius 3 is 2.72 bits per heavy atom. The van der Waals surface area contributed by atoms with Gasteiger partial charge in [-0.2, -0.15) is 4.39 Å². The van der Waals surface area contributed by atoms with Gasteiger partial charge in [0.25, 0.3) is 5.91 Å². The van der Waals surface area contributed by atoms with E-state index in [1.165, 1.54) is 18.2 Å². The number of rotatable bonds is 4. The summed E-state index contributed by atoms with van der Waals surface area (Å²) in [5.41, 5.74) is 1.17. The molecule has 2 aromatic heterocycles. The van der Waals surface area contributed by atoms with E-state index < -0.39 is 5.95 Å². The summed E-state index contributed by atoms with van der Waals surface area (Å²) in [6.45, 7) is 0.473. The van der Waals surface area contributed by atoms with Gasteiger partial charge in [0.15, 0.2) is 0 Å². The first kappa shape index (κ1) is 12.2. The second-order valence-electron chi connectivity index (χ2n) is 3.71. The topological polar surface area (TPSA) is 54.9 Å². The Labute approximate surface area is 104 Å². The Kier molecular flexibility index (Phi) is 3.96. The molecule has 1 N–H and O–H groups in total. The summed E-state index contributed by atoms with van der Waals surface area (Å²) in [7, 11) is 0. The maximum absolute atomic E-state index is 12.8. The Hall–Kier alpha value is -2.30. The van der Waals surface area contributed by atoms with E-state index in [1.807, 2.05) is 12.1 Å². The Bertz CT molecular complexity index is 531. The molecule has 1 amide bonds. The zero-order chi connectivity index (χ0) is 12.8. The van der Waals surface area contributed by atoms with Crippen LogP contribution in [0.15, 0.2) is 42.7 Å². The van der Waals surface area contributed by atoms with Crippen LogP contribution in [0.3, 0.4) is 0 Å². The molecule has 0 aliphatic rings. The van der Waals surface area contributed by atoms with E-state index >= 15 is 0 Å². The van der Waals surface area contributed by atoms with Crippen molar-refractivity contribution in [3.05, 3.63) is 59.9 Å². The number of carbonyl (C=O) groups excluding carboxylic acids is 1. The summed E-state index contributed by atoms with van der Waals surface area (Å²) in [4.78, 5) is 19.1. The molecular weight excluding hydrogens is 233 g/mol. The molecular formula is C13H12FN3O. The first-order valence-electron chi connectivity index (χ1n) is 5.55. The molecule has 0 aliphatic carbocycles. The number of pyridine rings is 2. The molecule has 2 heterocycles. The van der Waals surface area contributed by atoms with Gasteiger partial charge in [-0.1, -0.05) is 6.07 Å². The fraction of sp³-hybridized carbons (Fsp3) is 0.154. The van der Waals surface area contributed by atoms with Crippen LogP contribution < -0.4 is 5.32 Å². The van der Waals surface area contributed by atoms with E-state index in [0.29, 0.717) is 13.0 Å². The monoisotopic (exact) mass is 245 g/mol. The highest BCUT2D eigenvalue weighted by molar-refractivity contribution is 5.92. The lowest BCUT2D eigenvalue weighted by Crippen LogP contribution is -2.26. The van der Waals surface area contributed by atoms with Crippen LogP contribution in [0.2, 0.25) is 0 Å². The molecule has 0 saturated carbocycles. The largest absolute Gasteiger partial charge is 0.350 e. The standard InChI is InChI=1S/C13H12FN3O/c14-12-3-1-2-11(17-12)13(18)16-9-6-10-4-7-15-8-5-10/h1-5,7-8H,6,9H2,(H,16,18). The molecule has 0 bridgehead atoms. The van der Waals surface area contributed by atoms with E-state index in [0.717, 1.165) is 5.56 Å². The second kappa shape index (κ2) is 5.86. The van der Waals surface area contributed by atoms with Crippen LogP contribution in [-0.2, 0) is 6.42 Å². The molecule has 0 saturated heterocycles. The molecule has 0 radical (unpaired) electrons. The zero-order valence-corrected chi connectivity index (χ0v) is 9.64. The summed E-state index contributed by atoms with van der Waals surface area (Å²) in [6.07, 6.45) is 4.10. The van der Waals surface area contributed by atoms with Crippen LogP contribution in [-0.4, -0.2) is 22.4 Å². The van der Waals surface area contributed by atoms with E-state index in [1.54, 1.807) is 12.4 Å². The van der Waals surface area contributed by atoms with E-state index in [9.17, 15) is 9.18 Å². The summed E-state index contributed by atoms with van der Waals surface area (Å²) < 4.78 is 12.8. The van der Waals surface area contributed by atoms with Crippen LogP contribution in [0.1, 0.15) is 16.1 Å². The van der Waals surface area contributed by atoms with Crippen molar-refractivity contribution in [2.24, 2.45) is 0 Å². The van der Waals surface area contributed by atoms with E-state index in [-0.39, 0.29) is 11.6 Å². The van der Waals surface area contributed by atoms with Gasteiger partial charge in [-0.05, 0) is 36.2 Å². The molecule has 0 spiro atoms. The SMILES string of the molecule is O=C(NCCc1ccncc1)c1cccc(F)n1. The highest BCUT2D eigenvalue weighted by Crippen LogP contribution is 1.99. The van der Waals surface area contributed by atoms with Gasteiger partial charge < -0.3 is 5.32 Å². The lowest BCUT2D eigenvalue weighted by Gasteiger charge is -2.04. The third-order valence-corrected chi connectivity index (χ3v) is 2.40. The molecule has 0 fully saturated rings. The number of aromatic nitrogens is 2. The molecule has 2 rings (SSSR count). The minimum atomic E-state index is -0.656. The number of hydrogen-bond donors (Lipinski definition) is 1. The highest BCUT2D eigenvalue weighted by Gasteiger charge is 2.06. The summed E-state index contributed by atoms with van der Waals surface area (Å²) in [6, 6.07) is 7.90. The predicted octanol–water partition coefficient (Wildman–Crippen LogP) is 1.59. The van der Waals surface area contributed by atoms with Gasteiger partial charge in [0.05, 0.1) is 0 Å². The maximum atomic E-state index is 12.8. The normalized spacial score (nSPS) is 10.1. The van der Waals surface area contributed by atoms with Gasteiger partial charge in [0, 0.05) is 18.9 Å². The number of nitrogens with one attached hydrogen (secondary N) is 1. The van der Waals surface area contributed by atoms with Crippen molar-refractivity contribution >= 4 is 5.91 Å². The van der Waals surface area contributed by atoms with Gasteiger partial charge >= 0.3 is 0 Å². The van der Waals surface area contributed by atoms with Crippen molar-refractivity contribution in [1.82, 2.24) is 15.3 Å². The third-order valence-electron chi connectivity index (χ3n) is 2.40. The average Bonchev–Trinajstić information content (AvgIpc) is 2.40. The molecule has 18 heavy (non-hydrogen) atoms. The minimum Gasteiger partial charge on any atom is -0.350 e. The quantitative estimate of drug-likeness (QED) is 0.832. The smallest absolute Gasteiger partial charge is 0.270 e. The maximum Gasteiger partial charge on any atom is 0.270 e. The molecule has 4 nitrogen and oxygen atoms in total. The predicted molar refractivity (Wildman–Crippen MR) is 64.5 cm³/mol. The zero-order valence-electron chi connectivity index (χ0n) is 9.64. The molecule has 92 valence electrons. The minimum absolute atomic E-state index is 0.0877. The van der Waals surface area contributed by atoms with Crippen LogP contribution in [0.5, 0.6) is 0 Å². The summed E-state index contributed by atoms with van der Waals surface area (Å²) >= 11 is 0. The van der Waals surface area contributed by atoms with E-state index in [4.69, 9.17) is 0 Å². The molecule has 0 aromatic carbocycles. The third kappa shape index (κ3) is 3.35. The summed E-state index contributed by atoms with van der Waals surface area (Å²) in [5, 5.41) is 2.69. The van der Waals surface area contributed by atoms with Crippen LogP contribution >= 0.6 is 0 Å². The molecule has 0 atom stereocenters.